The molecule has 0 aromatic carbocycles. The molecule has 4 fully saturated rings. The highest BCUT2D eigenvalue weighted by molar-refractivity contribution is 7.95. The third-order valence-electron chi connectivity index (χ3n) is 4.95. The minimum atomic E-state index is -4.19. The van der Waals surface area contributed by atoms with E-state index in [1.807, 2.05) is 0 Å². The van der Waals surface area contributed by atoms with Gasteiger partial charge in [0.1, 0.15) is 0 Å². The average molecular weight is 274 g/mol. The van der Waals surface area contributed by atoms with Gasteiger partial charge in [-0.3, -0.25) is 9.59 Å². The zero-order valence-corrected chi connectivity index (χ0v) is 10.4. The second kappa shape index (κ2) is 3.07. The smallest absolute Gasteiger partial charge is 0.325 e. The van der Waals surface area contributed by atoms with E-state index in [1.54, 1.807) is 0 Å². The fraction of sp³-hybridized carbons (Fsp3) is 0.818. The van der Waals surface area contributed by atoms with Crippen LogP contribution in [-0.4, -0.2) is 40.1 Å². The molecular weight excluding hydrogens is 260 g/mol. The van der Waals surface area contributed by atoms with Crippen LogP contribution < -0.4 is 0 Å². The van der Waals surface area contributed by atoms with E-state index in [0.717, 1.165) is 6.42 Å². The van der Waals surface area contributed by atoms with Crippen LogP contribution in [0.15, 0.2) is 0 Å². The molecule has 2 saturated heterocycles. The largest absolute Gasteiger partial charge is 0.480 e. The third-order valence-corrected chi connectivity index (χ3v) is 8.02. The van der Waals surface area contributed by atoms with E-state index in [4.69, 9.17) is 0 Å². The summed E-state index contributed by atoms with van der Waals surface area (Å²) in [6, 6.07) is 0. The standard InChI is InChI=1S/C11H14O6S/c12-8(13)10-2-6-1-7(4-10)5-11(3-6,9(14)15)18(10,16)17/h6-7H,1-5H2,(H,12,13)(H,14,15). The van der Waals surface area contributed by atoms with E-state index in [-0.39, 0.29) is 37.5 Å². The Kier molecular flexibility index (Phi) is 2.04. The molecule has 2 N–H and O–H groups in total. The summed E-state index contributed by atoms with van der Waals surface area (Å²) in [6.45, 7) is 0. The lowest BCUT2D eigenvalue weighted by Crippen LogP contribution is -2.71. The van der Waals surface area contributed by atoms with Crippen LogP contribution in [0.25, 0.3) is 0 Å². The summed E-state index contributed by atoms with van der Waals surface area (Å²) in [4.78, 5) is 22.9. The fourth-order valence-electron chi connectivity index (χ4n) is 4.37. The Balaban J connectivity index is 2.27. The number of rotatable bonds is 2. The molecule has 0 aromatic rings. The molecule has 0 aromatic heterocycles. The van der Waals surface area contributed by atoms with Gasteiger partial charge in [-0.15, -0.1) is 0 Å². The van der Waals surface area contributed by atoms with Gasteiger partial charge in [-0.25, -0.2) is 8.42 Å². The van der Waals surface area contributed by atoms with Crippen molar-refractivity contribution in [2.75, 3.05) is 0 Å². The van der Waals surface area contributed by atoms with Crippen molar-refractivity contribution in [1.29, 1.82) is 0 Å². The predicted octanol–water partition coefficient (Wildman–Crippen LogP) is 0.272. The summed E-state index contributed by atoms with van der Waals surface area (Å²) < 4.78 is 21.3. The molecule has 2 saturated carbocycles. The van der Waals surface area contributed by atoms with E-state index < -0.39 is 31.3 Å². The summed E-state index contributed by atoms with van der Waals surface area (Å²) in [5.74, 6) is -2.93. The molecule has 2 aliphatic heterocycles. The first-order valence-corrected chi connectivity index (χ1v) is 7.44. The fourth-order valence-corrected chi connectivity index (χ4v) is 7.40. The Bertz CT molecular complexity index is 494. The van der Waals surface area contributed by atoms with Gasteiger partial charge in [0.15, 0.2) is 19.3 Å². The van der Waals surface area contributed by atoms with E-state index in [9.17, 15) is 28.2 Å². The second-order valence-electron chi connectivity index (χ2n) is 5.89. The maximum absolute atomic E-state index is 12.5. The van der Waals surface area contributed by atoms with Gasteiger partial charge in [0.25, 0.3) is 0 Å². The number of aliphatic carboxylic acids is 2. The minimum Gasteiger partial charge on any atom is -0.480 e. The Labute approximate surface area is 104 Å². The zero-order valence-electron chi connectivity index (χ0n) is 9.63. The van der Waals surface area contributed by atoms with Gasteiger partial charge in [0.2, 0.25) is 0 Å². The third kappa shape index (κ3) is 1.03. The van der Waals surface area contributed by atoms with Gasteiger partial charge in [0.05, 0.1) is 0 Å². The summed E-state index contributed by atoms with van der Waals surface area (Å²) in [5, 5.41) is 18.7. The van der Waals surface area contributed by atoms with Crippen molar-refractivity contribution in [2.45, 2.75) is 41.6 Å². The van der Waals surface area contributed by atoms with Crippen molar-refractivity contribution in [3.8, 4) is 0 Å². The highest BCUT2D eigenvalue weighted by atomic mass is 32.2. The van der Waals surface area contributed by atoms with Crippen LogP contribution >= 0.6 is 0 Å². The topological polar surface area (TPSA) is 109 Å². The zero-order chi connectivity index (χ0) is 13.3. The number of carbonyl (C=O) groups is 2. The maximum atomic E-state index is 12.5. The lowest BCUT2D eigenvalue weighted by Gasteiger charge is -2.57. The molecule has 2 heterocycles. The average Bonchev–Trinajstić information content (AvgIpc) is 2.24. The molecule has 0 amide bonds. The first kappa shape index (κ1) is 12.0. The van der Waals surface area contributed by atoms with Gasteiger partial charge in [-0.1, -0.05) is 0 Å². The highest BCUT2D eigenvalue weighted by Gasteiger charge is 2.74. The first-order chi connectivity index (χ1) is 8.25. The van der Waals surface area contributed by atoms with Crippen LogP contribution in [0.5, 0.6) is 0 Å². The number of hydrogen-bond acceptors (Lipinski definition) is 4. The number of hydrogen-bond donors (Lipinski definition) is 2. The molecule has 0 radical (unpaired) electrons. The SMILES string of the molecule is O=C(O)C12CC3CC(C1)CC(C(=O)O)(C3)S2(=O)=O. The molecule has 4 rings (SSSR count). The van der Waals surface area contributed by atoms with Crippen molar-refractivity contribution in [3.05, 3.63) is 0 Å². The minimum absolute atomic E-state index is 0.0796. The lowest BCUT2D eigenvalue weighted by molar-refractivity contribution is -0.148. The van der Waals surface area contributed by atoms with Crippen molar-refractivity contribution in [3.63, 3.8) is 0 Å². The summed E-state index contributed by atoms with van der Waals surface area (Å²) in [5.41, 5.74) is 0. The predicted molar refractivity (Wildman–Crippen MR) is 59.7 cm³/mol. The molecule has 4 aliphatic rings. The quantitative estimate of drug-likeness (QED) is 0.748. The Morgan fingerprint density at radius 2 is 1.22 bits per heavy atom. The van der Waals surface area contributed by atoms with Gasteiger partial charge < -0.3 is 10.2 Å². The van der Waals surface area contributed by atoms with E-state index in [2.05, 4.69) is 0 Å². The van der Waals surface area contributed by atoms with Crippen molar-refractivity contribution >= 4 is 21.8 Å². The van der Waals surface area contributed by atoms with Gasteiger partial charge in [-0.2, -0.15) is 0 Å². The van der Waals surface area contributed by atoms with Crippen LogP contribution in [0.2, 0.25) is 0 Å². The first-order valence-electron chi connectivity index (χ1n) is 5.96. The van der Waals surface area contributed by atoms with E-state index >= 15 is 0 Å². The molecule has 4 bridgehead atoms. The highest BCUT2D eigenvalue weighted by Crippen LogP contribution is 2.61. The summed E-state index contributed by atoms with van der Waals surface area (Å²) in [7, 11) is -4.19. The normalized spacial score (nSPS) is 48.0. The molecular formula is C11H14O6S. The van der Waals surface area contributed by atoms with Crippen LogP contribution in [0.3, 0.4) is 0 Å². The van der Waals surface area contributed by atoms with E-state index in [0.29, 0.717) is 0 Å². The summed E-state index contributed by atoms with van der Waals surface area (Å²) >= 11 is 0. The second-order valence-corrected chi connectivity index (χ2v) is 8.46. The lowest BCUT2D eigenvalue weighted by atomic mass is 9.63. The molecule has 2 aliphatic carbocycles. The maximum Gasteiger partial charge on any atom is 0.325 e. The van der Waals surface area contributed by atoms with Crippen molar-refractivity contribution in [1.82, 2.24) is 0 Å². The van der Waals surface area contributed by atoms with Crippen LogP contribution in [0, 0.1) is 11.8 Å². The molecule has 0 atom stereocenters. The van der Waals surface area contributed by atoms with Gasteiger partial charge >= 0.3 is 11.9 Å². The van der Waals surface area contributed by atoms with E-state index in [1.165, 1.54) is 0 Å². The molecule has 0 spiro atoms. The molecule has 0 unspecified atom stereocenters. The van der Waals surface area contributed by atoms with Crippen molar-refractivity contribution in [2.24, 2.45) is 11.8 Å². The van der Waals surface area contributed by atoms with Gasteiger partial charge in [0, 0.05) is 0 Å². The molecule has 18 heavy (non-hydrogen) atoms. The van der Waals surface area contributed by atoms with Crippen LogP contribution in [-0.2, 0) is 19.4 Å². The monoisotopic (exact) mass is 274 g/mol. The molecule has 6 nitrogen and oxygen atoms in total. The number of carboxylic acids is 2. The van der Waals surface area contributed by atoms with Gasteiger partial charge in [-0.05, 0) is 43.9 Å². The Hall–Kier alpha value is -1.11. The molecule has 7 heteroatoms. The molecule has 100 valence electrons. The van der Waals surface area contributed by atoms with Crippen LogP contribution in [0.4, 0.5) is 0 Å². The Morgan fingerprint density at radius 3 is 1.50 bits per heavy atom. The number of carboxylic acid groups (broad SMARTS) is 2. The van der Waals surface area contributed by atoms with Crippen LogP contribution in [0.1, 0.15) is 32.1 Å². The van der Waals surface area contributed by atoms with Crippen molar-refractivity contribution < 1.29 is 28.2 Å². The number of sulfone groups is 1. The Morgan fingerprint density at radius 1 is 0.889 bits per heavy atom. The summed E-state index contributed by atoms with van der Waals surface area (Å²) in [6.07, 6.45) is 1.08.